The number of nitrogens with one attached hydrogen (secondary N) is 1. The standard InChI is InChI=1S/C20H22ClN5O/c1-13(2)26-19(9-10-23-26)25-14(3)11-17(15(25)4)12-22-24-20(27)16-5-7-18(21)8-6-16/h5-13H,1-4H3,(H,24,27)/b22-12-. The van der Waals surface area contributed by atoms with E-state index in [1.807, 2.05) is 30.7 Å². The molecule has 7 heteroatoms. The molecule has 2 aromatic heterocycles. The zero-order chi connectivity index (χ0) is 19.6. The van der Waals surface area contributed by atoms with Crippen LogP contribution in [0.2, 0.25) is 5.02 Å². The van der Waals surface area contributed by atoms with Crippen molar-refractivity contribution in [3.63, 3.8) is 0 Å². The molecule has 0 aliphatic heterocycles. The first-order chi connectivity index (χ1) is 12.9. The molecule has 0 bridgehead atoms. The largest absolute Gasteiger partial charge is 0.303 e. The Kier molecular flexibility index (Phi) is 5.46. The number of amides is 1. The van der Waals surface area contributed by atoms with Gasteiger partial charge < -0.3 is 4.57 Å². The Labute approximate surface area is 163 Å². The van der Waals surface area contributed by atoms with E-state index in [9.17, 15) is 4.79 Å². The molecule has 1 amide bonds. The van der Waals surface area contributed by atoms with Crippen molar-refractivity contribution >= 4 is 23.7 Å². The monoisotopic (exact) mass is 383 g/mol. The van der Waals surface area contributed by atoms with E-state index in [1.54, 1.807) is 36.7 Å². The molecule has 0 fully saturated rings. The van der Waals surface area contributed by atoms with E-state index in [0.29, 0.717) is 10.6 Å². The molecule has 0 unspecified atom stereocenters. The van der Waals surface area contributed by atoms with Gasteiger partial charge >= 0.3 is 0 Å². The Morgan fingerprint density at radius 3 is 2.59 bits per heavy atom. The summed E-state index contributed by atoms with van der Waals surface area (Å²) in [5.74, 6) is 0.722. The van der Waals surface area contributed by atoms with Crippen LogP contribution in [0.4, 0.5) is 0 Å². The minimum absolute atomic E-state index is 0.256. The van der Waals surface area contributed by atoms with Gasteiger partial charge in [-0.3, -0.25) is 4.79 Å². The molecule has 0 saturated heterocycles. The summed E-state index contributed by atoms with van der Waals surface area (Å²) < 4.78 is 4.11. The van der Waals surface area contributed by atoms with Gasteiger partial charge in [-0.25, -0.2) is 10.1 Å². The molecule has 3 aromatic rings. The maximum atomic E-state index is 12.1. The summed E-state index contributed by atoms with van der Waals surface area (Å²) in [5.41, 5.74) is 6.08. The minimum Gasteiger partial charge on any atom is -0.303 e. The third-order valence-corrected chi connectivity index (χ3v) is 4.57. The molecule has 0 aliphatic carbocycles. The molecule has 0 spiro atoms. The second-order valence-electron chi connectivity index (χ2n) is 6.60. The Morgan fingerprint density at radius 1 is 1.22 bits per heavy atom. The van der Waals surface area contributed by atoms with Crippen LogP contribution in [0.3, 0.4) is 0 Å². The van der Waals surface area contributed by atoms with Crippen molar-refractivity contribution in [2.24, 2.45) is 5.10 Å². The van der Waals surface area contributed by atoms with Crippen molar-refractivity contribution in [1.82, 2.24) is 19.8 Å². The molecule has 0 radical (unpaired) electrons. The highest BCUT2D eigenvalue weighted by Gasteiger charge is 2.14. The molecular formula is C20H22ClN5O. The number of hydrazone groups is 1. The summed E-state index contributed by atoms with van der Waals surface area (Å²) in [7, 11) is 0. The Morgan fingerprint density at radius 2 is 1.93 bits per heavy atom. The van der Waals surface area contributed by atoms with Crippen molar-refractivity contribution < 1.29 is 4.79 Å². The first-order valence-electron chi connectivity index (χ1n) is 8.70. The highest BCUT2D eigenvalue weighted by molar-refractivity contribution is 6.30. The van der Waals surface area contributed by atoms with Crippen LogP contribution < -0.4 is 5.43 Å². The number of aryl methyl sites for hydroxylation is 1. The summed E-state index contributed by atoms with van der Waals surface area (Å²) in [6.45, 7) is 8.25. The normalized spacial score (nSPS) is 11.5. The van der Waals surface area contributed by atoms with E-state index in [0.717, 1.165) is 22.8 Å². The maximum absolute atomic E-state index is 12.1. The van der Waals surface area contributed by atoms with Gasteiger partial charge in [0.1, 0.15) is 5.82 Å². The van der Waals surface area contributed by atoms with E-state index in [2.05, 4.69) is 34.0 Å². The van der Waals surface area contributed by atoms with E-state index in [1.165, 1.54) is 0 Å². The molecule has 3 rings (SSSR count). The third-order valence-electron chi connectivity index (χ3n) is 4.31. The number of rotatable bonds is 5. The van der Waals surface area contributed by atoms with Crippen LogP contribution in [0.1, 0.15) is 47.2 Å². The molecule has 0 saturated carbocycles. The number of hydrogen-bond donors (Lipinski definition) is 1. The quantitative estimate of drug-likeness (QED) is 0.527. The number of nitrogens with zero attached hydrogens (tertiary/aromatic N) is 4. The van der Waals surface area contributed by atoms with Crippen LogP contribution >= 0.6 is 11.6 Å². The van der Waals surface area contributed by atoms with Gasteiger partial charge in [0.25, 0.3) is 5.91 Å². The first-order valence-corrected chi connectivity index (χ1v) is 9.08. The Hall–Kier alpha value is -2.86. The van der Waals surface area contributed by atoms with Gasteiger partial charge in [-0.2, -0.15) is 10.2 Å². The SMILES string of the molecule is Cc1cc(/C=N\NC(=O)c2ccc(Cl)cc2)c(C)n1-c1ccnn1C(C)C. The minimum atomic E-state index is -0.283. The molecule has 0 aliphatic rings. The number of benzene rings is 1. The summed E-state index contributed by atoms with van der Waals surface area (Å²) in [5, 5.41) is 9.09. The van der Waals surface area contributed by atoms with Crippen molar-refractivity contribution in [1.29, 1.82) is 0 Å². The fourth-order valence-electron chi connectivity index (χ4n) is 2.98. The van der Waals surface area contributed by atoms with Crippen molar-refractivity contribution in [2.75, 3.05) is 0 Å². The van der Waals surface area contributed by atoms with Crippen LogP contribution in [0.25, 0.3) is 5.82 Å². The van der Waals surface area contributed by atoms with Gasteiger partial charge in [0.2, 0.25) is 0 Å². The summed E-state index contributed by atoms with van der Waals surface area (Å²) in [6.07, 6.45) is 3.46. The second kappa shape index (κ2) is 7.80. The van der Waals surface area contributed by atoms with Crippen molar-refractivity contribution in [3.8, 4) is 5.82 Å². The first kappa shape index (κ1) is 18.9. The van der Waals surface area contributed by atoms with Crippen LogP contribution in [0, 0.1) is 13.8 Å². The smallest absolute Gasteiger partial charge is 0.271 e. The lowest BCUT2D eigenvalue weighted by Gasteiger charge is -2.14. The number of aromatic nitrogens is 3. The zero-order valence-electron chi connectivity index (χ0n) is 15.8. The van der Waals surface area contributed by atoms with E-state index >= 15 is 0 Å². The van der Waals surface area contributed by atoms with Gasteiger partial charge in [-0.15, -0.1) is 0 Å². The molecular weight excluding hydrogens is 362 g/mol. The van der Waals surface area contributed by atoms with Crippen LogP contribution in [0.5, 0.6) is 0 Å². The summed E-state index contributed by atoms with van der Waals surface area (Å²) >= 11 is 5.84. The van der Waals surface area contributed by atoms with Crippen LogP contribution in [0.15, 0.2) is 47.7 Å². The molecule has 2 heterocycles. The number of carbonyl (C=O) groups is 1. The van der Waals surface area contributed by atoms with E-state index in [-0.39, 0.29) is 11.9 Å². The number of carbonyl (C=O) groups excluding carboxylic acids is 1. The molecule has 0 atom stereocenters. The lowest BCUT2D eigenvalue weighted by atomic mass is 10.2. The predicted octanol–water partition coefficient (Wildman–Crippen LogP) is 4.29. The number of halogens is 1. The summed E-state index contributed by atoms with van der Waals surface area (Å²) in [6, 6.07) is 10.9. The zero-order valence-corrected chi connectivity index (χ0v) is 16.5. The fraction of sp³-hybridized carbons (Fsp3) is 0.250. The average molecular weight is 384 g/mol. The third kappa shape index (κ3) is 3.95. The highest BCUT2D eigenvalue weighted by Crippen LogP contribution is 2.21. The van der Waals surface area contributed by atoms with E-state index in [4.69, 9.17) is 11.6 Å². The molecule has 1 aromatic carbocycles. The van der Waals surface area contributed by atoms with Crippen LogP contribution in [-0.4, -0.2) is 26.5 Å². The predicted molar refractivity (Wildman–Crippen MR) is 108 cm³/mol. The maximum Gasteiger partial charge on any atom is 0.271 e. The van der Waals surface area contributed by atoms with Crippen LogP contribution in [-0.2, 0) is 0 Å². The second-order valence-corrected chi connectivity index (χ2v) is 7.03. The lowest BCUT2D eigenvalue weighted by molar-refractivity contribution is 0.0955. The van der Waals surface area contributed by atoms with Gasteiger partial charge in [0.15, 0.2) is 0 Å². The Balaban J connectivity index is 1.80. The van der Waals surface area contributed by atoms with Crippen molar-refractivity contribution in [2.45, 2.75) is 33.7 Å². The topological polar surface area (TPSA) is 64.2 Å². The number of hydrogen-bond acceptors (Lipinski definition) is 3. The van der Waals surface area contributed by atoms with Gasteiger partial charge in [0, 0.05) is 39.6 Å². The van der Waals surface area contributed by atoms with Crippen molar-refractivity contribution in [3.05, 3.63) is 70.1 Å². The van der Waals surface area contributed by atoms with Gasteiger partial charge in [-0.1, -0.05) is 11.6 Å². The summed E-state index contributed by atoms with van der Waals surface area (Å²) in [4.78, 5) is 12.1. The molecule has 6 nitrogen and oxygen atoms in total. The molecule has 140 valence electrons. The average Bonchev–Trinajstić information content (AvgIpc) is 3.20. The molecule has 27 heavy (non-hydrogen) atoms. The molecule has 1 N–H and O–H groups in total. The fourth-order valence-corrected chi connectivity index (χ4v) is 3.11. The van der Waals surface area contributed by atoms with Gasteiger partial charge in [0.05, 0.1) is 12.4 Å². The van der Waals surface area contributed by atoms with E-state index < -0.39 is 0 Å². The lowest BCUT2D eigenvalue weighted by Crippen LogP contribution is -2.17. The Bertz CT molecular complexity index is 982. The highest BCUT2D eigenvalue weighted by atomic mass is 35.5. The van der Waals surface area contributed by atoms with Gasteiger partial charge in [-0.05, 0) is 58.0 Å².